The predicted octanol–water partition coefficient (Wildman–Crippen LogP) is 1.10. The minimum Gasteiger partial charge on any atom is -0.341 e. The van der Waals surface area contributed by atoms with Gasteiger partial charge in [-0.25, -0.2) is 4.79 Å². The molecule has 9 heteroatoms. The quantitative estimate of drug-likeness (QED) is 0.846. The average molecular weight is 343 g/mol. The van der Waals surface area contributed by atoms with Crippen molar-refractivity contribution in [2.75, 3.05) is 18.4 Å². The van der Waals surface area contributed by atoms with Crippen molar-refractivity contribution in [1.29, 1.82) is 0 Å². The number of carbonyl (C=O) groups excluding carboxylic acids is 2. The first kappa shape index (κ1) is 16.9. The van der Waals surface area contributed by atoms with Crippen LogP contribution in [0, 0.1) is 6.92 Å². The number of benzene rings is 1. The standard InChI is InChI=1S/C16H21N7O2/c1-11(10-22-8-4-7-15(22)24)17-16(25)18-13-5-3-6-14(9-13)23-12(2)19-20-21-23/h3,5-6,9,11H,4,7-8,10H2,1-2H3,(H2,17,18,25)/t11-/m0/s1. The fourth-order valence-corrected chi connectivity index (χ4v) is 2.85. The Morgan fingerprint density at radius 1 is 1.40 bits per heavy atom. The third-order valence-electron chi connectivity index (χ3n) is 4.02. The number of anilines is 1. The molecule has 0 bridgehead atoms. The summed E-state index contributed by atoms with van der Waals surface area (Å²) in [5.41, 5.74) is 1.39. The highest BCUT2D eigenvalue weighted by Gasteiger charge is 2.22. The molecular formula is C16H21N7O2. The van der Waals surface area contributed by atoms with Crippen LogP contribution >= 0.6 is 0 Å². The monoisotopic (exact) mass is 343 g/mol. The lowest BCUT2D eigenvalue weighted by Crippen LogP contribution is -2.44. The number of rotatable bonds is 5. The van der Waals surface area contributed by atoms with Crippen molar-refractivity contribution < 1.29 is 9.59 Å². The Kier molecular flexibility index (Phi) is 4.92. The number of amides is 3. The maximum absolute atomic E-state index is 12.2. The van der Waals surface area contributed by atoms with Gasteiger partial charge >= 0.3 is 6.03 Å². The Balaban J connectivity index is 1.57. The number of hydrogen-bond donors (Lipinski definition) is 2. The van der Waals surface area contributed by atoms with E-state index in [1.54, 1.807) is 28.6 Å². The summed E-state index contributed by atoms with van der Waals surface area (Å²) < 4.78 is 1.59. The summed E-state index contributed by atoms with van der Waals surface area (Å²) in [4.78, 5) is 25.6. The minimum atomic E-state index is -0.315. The summed E-state index contributed by atoms with van der Waals surface area (Å²) in [5, 5.41) is 17.0. The topological polar surface area (TPSA) is 105 Å². The first-order valence-corrected chi connectivity index (χ1v) is 8.23. The van der Waals surface area contributed by atoms with Gasteiger partial charge in [0.05, 0.1) is 5.69 Å². The summed E-state index contributed by atoms with van der Waals surface area (Å²) in [6, 6.07) is 6.80. The Bertz CT molecular complexity index is 773. The first-order chi connectivity index (χ1) is 12.0. The molecule has 1 aliphatic rings. The molecule has 1 aromatic carbocycles. The van der Waals surface area contributed by atoms with Crippen LogP contribution in [0.3, 0.4) is 0 Å². The molecule has 2 N–H and O–H groups in total. The molecule has 2 heterocycles. The molecule has 1 saturated heterocycles. The van der Waals surface area contributed by atoms with Crippen LogP contribution in [0.2, 0.25) is 0 Å². The van der Waals surface area contributed by atoms with Gasteiger partial charge in [-0.15, -0.1) is 5.10 Å². The smallest absolute Gasteiger partial charge is 0.319 e. The van der Waals surface area contributed by atoms with Gasteiger partial charge in [0.1, 0.15) is 0 Å². The van der Waals surface area contributed by atoms with Crippen LogP contribution in [-0.2, 0) is 4.79 Å². The second-order valence-corrected chi connectivity index (χ2v) is 6.13. The SMILES string of the molecule is Cc1nnnn1-c1cccc(NC(=O)N[C@@H](C)CN2CCCC2=O)c1. The predicted molar refractivity (Wildman–Crippen MR) is 91.3 cm³/mol. The molecular weight excluding hydrogens is 322 g/mol. The van der Waals surface area contributed by atoms with Crippen LogP contribution < -0.4 is 10.6 Å². The van der Waals surface area contributed by atoms with Crippen molar-refractivity contribution in [3.8, 4) is 5.69 Å². The molecule has 1 aromatic heterocycles. The molecule has 132 valence electrons. The Morgan fingerprint density at radius 2 is 2.24 bits per heavy atom. The van der Waals surface area contributed by atoms with Gasteiger partial charge < -0.3 is 15.5 Å². The number of likely N-dealkylation sites (tertiary alicyclic amines) is 1. The van der Waals surface area contributed by atoms with Gasteiger partial charge in [-0.3, -0.25) is 4.79 Å². The number of tetrazole rings is 1. The summed E-state index contributed by atoms with van der Waals surface area (Å²) in [6.45, 7) is 4.97. The largest absolute Gasteiger partial charge is 0.341 e. The van der Waals surface area contributed by atoms with Gasteiger partial charge in [0, 0.05) is 31.2 Å². The normalized spacial score (nSPS) is 15.3. The molecule has 2 aromatic rings. The summed E-state index contributed by atoms with van der Waals surface area (Å²) >= 11 is 0. The van der Waals surface area contributed by atoms with Crippen LogP contribution in [0.25, 0.3) is 5.69 Å². The van der Waals surface area contributed by atoms with Gasteiger partial charge in [0.2, 0.25) is 5.91 Å². The molecule has 0 saturated carbocycles. The van der Waals surface area contributed by atoms with Gasteiger partial charge in [-0.1, -0.05) is 6.07 Å². The number of urea groups is 1. The van der Waals surface area contributed by atoms with Gasteiger partial charge in [-0.2, -0.15) is 4.68 Å². The first-order valence-electron chi connectivity index (χ1n) is 8.23. The van der Waals surface area contributed by atoms with Gasteiger partial charge in [0.25, 0.3) is 0 Å². The van der Waals surface area contributed by atoms with E-state index >= 15 is 0 Å². The summed E-state index contributed by atoms with van der Waals surface area (Å²) in [6.07, 6.45) is 1.49. The van der Waals surface area contributed by atoms with E-state index in [0.717, 1.165) is 18.7 Å². The zero-order valence-corrected chi connectivity index (χ0v) is 14.3. The van der Waals surface area contributed by atoms with Crippen molar-refractivity contribution in [3.63, 3.8) is 0 Å². The van der Waals surface area contributed by atoms with Crippen molar-refractivity contribution in [3.05, 3.63) is 30.1 Å². The molecule has 0 unspecified atom stereocenters. The van der Waals surface area contributed by atoms with Crippen LogP contribution in [0.5, 0.6) is 0 Å². The second kappa shape index (κ2) is 7.29. The van der Waals surface area contributed by atoms with Gasteiger partial charge in [0.15, 0.2) is 5.82 Å². The zero-order chi connectivity index (χ0) is 17.8. The van der Waals surface area contributed by atoms with E-state index in [4.69, 9.17) is 0 Å². The lowest BCUT2D eigenvalue weighted by molar-refractivity contribution is -0.127. The lowest BCUT2D eigenvalue weighted by atomic mass is 10.2. The Hall–Kier alpha value is -2.97. The van der Waals surface area contributed by atoms with E-state index in [-0.39, 0.29) is 18.0 Å². The van der Waals surface area contributed by atoms with E-state index in [2.05, 4.69) is 26.2 Å². The molecule has 3 rings (SSSR count). The third kappa shape index (κ3) is 4.11. The molecule has 0 radical (unpaired) electrons. The maximum atomic E-state index is 12.2. The second-order valence-electron chi connectivity index (χ2n) is 6.13. The van der Waals surface area contributed by atoms with E-state index < -0.39 is 0 Å². The third-order valence-corrected chi connectivity index (χ3v) is 4.02. The van der Waals surface area contributed by atoms with Crippen LogP contribution in [0.4, 0.5) is 10.5 Å². The van der Waals surface area contributed by atoms with E-state index in [9.17, 15) is 9.59 Å². The fraction of sp³-hybridized carbons (Fsp3) is 0.438. The lowest BCUT2D eigenvalue weighted by Gasteiger charge is -2.21. The number of hydrogen-bond acceptors (Lipinski definition) is 5. The highest BCUT2D eigenvalue weighted by molar-refractivity contribution is 5.89. The Morgan fingerprint density at radius 3 is 2.92 bits per heavy atom. The average Bonchev–Trinajstić information content (AvgIpc) is 3.16. The Labute approximate surface area is 145 Å². The molecule has 0 aliphatic carbocycles. The summed E-state index contributed by atoms with van der Waals surface area (Å²) in [7, 11) is 0. The van der Waals surface area contributed by atoms with Crippen molar-refractivity contribution in [2.45, 2.75) is 32.7 Å². The molecule has 1 fully saturated rings. The molecule has 1 atom stereocenters. The van der Waals surface area contributed by atoms with Crippen molar-refractivity contribution in [1.82, 2.24) is 30.4 Å². The number of nitrogens with one attached hydrogen (secondary N) is 2. The van der Waals surface area contributed by atoms with E-state index in [1.165, 1.54) is 0 Å². The molecule has 3 amide bonds. The number of aromatic nitrogens is 4. The van der Waals surface area contributed by atoms with Gasteiger partial charge in [-0.05, 0) is 48.9 Å². The number of aryl methyl sites for hydroxylation is 1. The van der Waals surface area contributed by atoms with Crippen LogP contribution in [-0.4, -0.2) is 56.2 Å². The van der Waals surface area contributed by atoms with Crippen molar-refractivity contribution >= 4 is 17.6 Å². The van der Waals surface area contributed by atoms with E-state index in [0.29, 0.717) is 24.5 Å². The molecule has 25 heavy (non-hydrogen) atoms. The number of carbonyl (C=O) groups is 2. The zero-order valence-electron chi connectivity index (χ0n) is 14.3. The van der Waals surface area contributed by atoms with E-state index in [1.807, 2.05) is 19.1 Å². The van der Waals surface area contributed by atoms with Crippen molar-refractivity contribution in [2.24, 2.45) is 0 Å². The highest BCUT2D eigenvalue weighted by Crippen LogP contribution is 2.15. The van der Waals surface area contributed by atoms with Crippen LogP contribution in [0.1, 0.15) is 25.6 Å². The fourth-order valence-electron chi connectivity index (χ4n) is 2.85. The minimum absolute atomic E-state index is 0.132. The van der Waals surface area contributed by atoms with Crippen LogP contribution in [0.15, 0.2) is 24.3 Å². The molecule has 9 nitrogen and oxygen atoms in total. The highest BCUT2D eigenvalue weighted by atomic mass is 16.2. The maximum Gasteiger partial charge on any atom is 0.319 e. The molecule has 1 aliphatic heterocycles. The number of nitrogens with zero attached hydrogens (tertiary/aromatic N) is 5. The summed E-state index contributed by atoms with van der Waals surface area (Å²) in [5.74, 6) is 0.809. The molecule has 0 spiro atoms.